The summed E-state index contributed by atoms with van der Waals surface area (Å²) in [6.07, 6.45) is 0. The number of rotatable bonds is 4. The van der Waals surface area contributed by atoms with Crippen molar-refractivity contribution in [2.24, 2.45) is 0 Å². The zero-order valence-corrected chi connectivity index (χ0v) is 14.2. The summed E-state index contributed by atoms with van der Waals surface area (Å²) in [5.74, 6) is 2.45. The SMILES string of the molecule is COc1cccc(-c2oc3ccccc3c2-c2cccc(OC)c2)c1. The second-order valence-electron chi connectivity index (χ2n) is 5.77. The minimum atomic E-state index is 0.801. The van der Waals surface area contributed by atoms with E-state index in [1.54, 1.807) is 14.2 Å². The molecule has 4 aromatic rings. The first-order valence-electron chi connectivity index (χ1n) is 8.10. The molecule has 25 heavy (non-hydrogen) atoms. The summed E-state index contributed by atoms with van der Waals surface area (Å²) in [4.78, 5) is 0. The lowest BCUT2D eigenvalue weighted by molar-refractivity contribution is 0.414. The van der Waals surface area contributed by atoms with Gasteiger partial charge >= 0.3 is 0 Å². The molecule has 0 saturated heterocycles. The number of fused-ring (bicyclic) bond motifs is 1. The van der Waals surface area contributed by atoms with E-state index in [1.165, 1.54) is 0 Å². The van der Waals surface area contributed by atoms with Gasteiger partial charge in [-0.15, -0.1) is 0 Å². The zero-order chi connectivity index (χ0) is 17.2. The van der Waals surface area contributed by atoms with Crippen molar-refractivity contribution in [3.8, 4) is 33.9 Å². The topological polar surface area (TPSA) is 31.6 Å². The van der Waals surface area contributed by atoms with Crippen LogP contribution in [0.25, 0.3) is 33.4 Å². The van der Waals surface area contributed by atoms with Gasteiger partial charge in [-0.3, -0.25) is 0 Å². The van der Waals surface area contributed by atoms with Crippen molar-refractivity contribution in [1.29, 1.82) is 0 Å². The van der Waals surface area contributed by atoms with Gasteiger partial charge in [0, 0.05) is 16.5 Å². The smallest absolute Gasteiger partial charge is 0.143 e. The molecule has 0 aliphatic heterocycles. The van der Waals surface area contributed by atoms with Crippen molar-refractivity contribution in [2.45, 2.75) is 0 Å². The lowest BCUT2D eigenvalue weighted by Crippen LogP contribution is -1.86. The van der Waals surface area contributed by atoms with Crippen LogP contribution in [-0.4, -0.2) is 14.2 Å². The molecule has 0 atom stereocenters. The Balaban J connectivity index is 2.00. The Labute approximate surface area is 146 Å². The fourth-order valence-corrected chi connectivity index (χ4v) is 3.08. The summed E-state index contributed by atoms with van der Waals surface area (Å²) >= 11 is 0. The molecular formula is C22H18O3. The summed E-state index contributed by atoms with van der Waals surface area (Å²) in [5.41, 5.74) is 3.95. The number of para-hydroxylation sites is 1. The number of hydrogen-bond acceptors (Lipinski definition) is 3. The molecule has 0 unspecified atom stereocenters. The summed E-state index contributed by atoms with van der Waals surface area (Å²) < 4.78 is 17.0. The molecule has 3 nitrogen and oxygen atoms in total. The molecule has 0 spiro atoms. The van der Waals surface area contributed by atoms with E-state index in [0.29, 0.717) is 0 Å². The first kappa shape index (κ1) is 15.3. The van der Waals surface area contributed by atoms with E-state index >= 15 is 0 Å². The number of furan rings is 1. The van der Waals surface area contributed by atoms with Crippen molar-refractivity contribution in [3.63, 3.8) is 0 Å². The first-order chi connectivity index (χ1) is 12.3. The van der Waals surface area contributed by atoms with E-state index < -0.39 is 0 Å². The van der Waals surface area contributed by atoms with Crippen molar-refractivity contribution in [1.82, 2.24) is 0 Å². The van der Waals surface area contributed by atoms with Crippen LogP contribution in [-0.2, 0) is 0 Å². The predicted molar refractivity (Wildman–Crippen MR) is 100 cm³/mol. The van der Waals surface area contributed by atoms with E-state index in [4.69, 9.17) is 13.9 Å². The Hall–Kier alpha value is -3.20. The van der Waals surface area contributed by atoms with E-state index in [2.05, 4.69) is 12.1 Å². The third-order valence-electron chi connectivity index (χ3n) is 4.29. The second-order valence-corrected chi connectivity index (χ2v) is 5.77. The molecular weight excluding hydrogens is 312 g/mol. The van der Waals surface area contributed by atoms with Crippen LogP contribution in [0.5, 0.6) is 11.5 Å². The maximum atomic E-state index is 6.22. The first-order valence-corrected chi connectivity index (χ1v) is 8.10. The minimum absolute atomic E-state index is 0.801. The maximum Gasteiger partial charge on any atom is 0.143 e. The highest BCUT2D eigenvalue weighted by atomic mass is 16.5. The van der Waals surface area contributed by atoms with Gasteiger partial charge in [-0.25, -0.2) is 0 Å². The van der Waals surface area contributed by atoms with E-state index in [-0.39, 0.29) is 0 Å². The molecule has 1 heterocycles. The second kappa shape index (κ2) is 6.36. The number of ether oxygens (including phenoxy) is 2. The normalized spacial score (nSPS) is 10.8. The van der Waals surface area contributed by atoms with Gasteiger partial charge in [0.05, 0.1) is 14.2 Å². The molecule has 1 aromatic heterocycles. The van der Waals surface area contributed by atoms with Crippen LogP contribution < -0.4 is 9.47 Å². The predicted octanol–water partition coefficient (Wildman–Crippen LogP) is 5.78. The molecule has 3 aromatic carbocycles. The van der Waals surface area contributed by atoms with Gasteiger partial charge in [0.1, 0.15) is 22.8 Å². The summed E-state index contributed by atoms with van der Waals surface area (Å²) in [6.45, 7) is 0. The standard InChI is InChI=1S/C22H18O3/c1-23-17-9-5-7-15(13-17)21-19-11-3-4-12-20(19)25-22(21)16-8-6-10-18(14-16)24-2/h3-14H,1-2H3. The minimum Gasteiger partial charge on any atom is -0.497 e. The summed E-state index contributed by atoms with van der Waals surface area (Å²) in [7, 11) is 3.34. The van der Waals surface area contributed by atoms with Crippen LogP contribution >= 0.6 is 0 Å². The van der Waals surface area contributed by atoms with Crippen LogP contribution in [0, 0.1) is 0 Å². The van der Waals surface area contributed by atoms with Crippen molar-refractivity contribution >= 4 is 11.0 Å². The lowest BCUT2D eigenvalue weighted by atomic mass is 9.98. The van der Waals surface area contributed by atoms with Gasteiger partial charge in [-0.1, -0.05) is 42.5 Å². The highest BCUT2D eigenvalue weighted by Crippen LogP contribution is 2.42. The third kappa shape index (κ3) is 2.74. The highest BCUT2D eigenvalue weighted by molar-refractivity contribution is 6.01. The van der Waals surface area contributed by atoms with Crippen LogP contribution in [0.3, 0.4) is 0 Å². The zero-order valence-electron chi connectivity index (χ0n) is 14.2. The maximum absolute atomic E-state index is 6.22. The quantitative estimate of drug-likeness (QED) is 0.475. The Kier molecular flexibility index (Phi) is 3.90. The average molecular weight is 330 g/mol. The van der Waals surface area contributed by atoms with Gasteiger partial charge < -0.3 is 13.9 Å². The van der Waals surface area contributed by atoms with Crippen LogP contribution in [0.4, 0.5) is 0 Å². The average Bonchev–Trinajstić information content (AvgIpc) is 3.07. The Morgan fingerprint density at radius 3 is 2.04 bits per heavy atom. The van der Waals surface area contributed by atoms with Crippen LogP contribution in [0.2, 0.25) is 0 Å². The van der Waals surface area contributed by atoms with Crippen LogP contribution in [0.15, 0.2) is 77.2 Å². The van der Waals surface area contributed by atoms with Crippen LogP contribution in [0.1, 0.15) is 0 Å². The number of methoxy groups -OCH3 is 2. The van der Waals surface area contributed by atoms with Gasteiger partial charge in [0.15, 0.2) is 0 Å². The van der Waals surface area contributed by atoms with Crippen molar-refractivity contribution < 1.29 is 13.9 Å². The molecule has 0 aliphatic carbocycles. The molecule has 3 heteroatoms. The molecule has 0 radical (unpaired) electrons. The molecule has 0 fully saturated rings. The molecule has 0 saturated carbocycles. The van der Waals surface area contributed by atoms with Gasteiger partial charge in [0.2, 0.25) is 0 Å². The van der Waals surface area contributed by atoms with Gasteiger partial charge in [-0.05, 0) is 35.9 Å². The Bertz CT molecular complexity index is 1030. The summed E-state index contributed by atoms with van der Waals surface area (Å²) in [6, 6.07) is 24.0. The fourth-order valence-electron chi connectivity index (χ4n) is 3.08. The number of hydrogen-bond donors (Lipinski definition) is 0. The largest absolute Gasteiger partial charge is 0.497 e. The van der Waals surface area contributed by atoms with E-state index in [1.807, 2.05) is 60.7 Å². The fraction of sp³-hybridized carbons (Fsp3) is 0.0909. The molecule has 0 aliphatic rings. The molecule has 0 amide bonds. The van der Waals surface area contributed by atoms with E-state index in [0.717, 1.165) is 44.9 Å². The molecule has 0 bridgehead atoms. The van der Waals surface area contributed by atoms with Gasteiger partial charge in [0.25, 0.3) is 0 Å². The monoisotopic (exact) mass is 330 g/mol. The summed E-state index contributed by atoms with van der Waals surface area (Å²) in [5, 5.41) is 1.08. The molecule has 4 rings (SSSR count). The number of benzene rings is 3. The lowest BCUT2D eigenvalue weighted by Gasteiger charge is -2.07. The highest BCUT2D eigenvalue weighted by Gasteiger charge is 2.18. The molecule has 0 N–H and O–H groups in total. The Morgan fingerprint density at radius 2 is 1.32 bits per heavy atom. The van der Waals surface area contributed by atoms with E-state index in [9.17, 15) is 0 Å². The Morgan fingerprint density at radius 1 is 0.680 bits per heavy atom. The van der Waals surface area contributed by atoms with Crippen molar-refractivity contribution in [2.75, 3.05) is 14.2 Å². The van der Waals surface area contributed by atoms with Crippen molar-refractivity contribution in [3.05, 3.63) is 72.8 Å². The molecule has 124 valence electrons. The van der Waals surface area contributed by atoms with Gasteiger partial charge in [-0.2, -0.15) is 0 Å². The third-order valence-corrected chi connectivity index (χ3v) is 4.29.